The number of anilines is 1. The second-order valence-corrected chi connectivity index (χ2v) is 10.4. The molecule has 1 N–H and O–H groups in total. The van der Waals surface area contributed by atoms with Gasteiger partial charge in [-0.05, 0) is 50.6 Å². The van der Waals surface area contributed by atoms with E-state index >= 15 is 0 Å². The molecule has 1 aliphatic heterocycles. The molecule has 1 aromatic heterocycles. The second-order valence-electron chi connectivity index (χ2n) is 9.98. The van der Waals surface area contributed by atoms with Gasteiger partial charge in [0, 0.05) is 27.9 Å². The summed E-state index contributed by atoms with van der Waals surface area (Å²) in [5, 5.41) is 11.8. The first kappa shape index (κ1) is 26.5. The molecule has 1 unspecified atom stereocenters. The average molecular weight is 548 g/mol. The van der Waals surface area contributed by atoms with Crippen molar-refractivity contribution in [2.24, 2.45) is 0 Å². The lowest BCUT2D eigenvalue weighted by Gasteiger charge is -2.35. The summed E-state index contributed by atoms with van der Waals surface area (Å²) < 4.78 is 13.0. The van der Waals surface area contributed by atoms with Crippen LogP contribution in [-0.4, -0.2) is 45.6 Å². The van der Waals surface area contributed by atoms with Gasteiger partial charge in [0.2, 0.25) is 11.8 Å². The van der Waals surface area contributed by atoms with Crippen LogP contribution in [0, 0.1) is 0 Å². The van der Waals surface area contributed by atoms with E-state index in [1.54, 1.807) is 42.5 Å². The molecule has 2 heterocycles. The van der Waals surface area contributed by atoms with Gasteiger partial charge >= 0.3 is 0 Å². The van der Waals surface area contributed by atoms with Crippen LogP contribution in [-0.2, 0) is 16.1 Å². The van der Waals surface area contributed by atoms with Crippen molar-refractivity contribution in [2.45, 2.75) is 45.3 Å². The average Bonchev–Trinajstić information content (AvgIpc) is 3.34. The Labute approximate surface area is 231 Å². The number of hydrogen-bond donors (Lipinski definition) is 1. The van der Waals surface area contributed by atoms with Crippen LogP contribution in [0.2, 0.25) is 5.02 Å². The van der Waals surface area contributed by atoms with Gasteiger partial charge in [0.15, 0.2) is 11.5 Å². The minimum atomic E-state index is -1.07. The van der Waals surface area contributed by atoms with E-state index in [1.165, 1.54) is 9.58 Å². The zero-order valence-corrected chi connectivity index (χ0v) is 22.8. The largest absolute Gasteiger partial charge is 0.486 e. The maximum atomic E-state index is 14.2. The van der Waals surface area contributed by atoms with Gasteiger partial charge in [-0.15, -0.1) is 5.10 Å². The first-order chi connectivity index (χ1) is 18.8. The molecule has 1 atom stereocenters. The highest BCUT2D eigenvalue weighted by molar-refractivity contribution is 6.31. The van der Waals surface area contributed by atoms with E-state index < -0.39 is 11.6 Å². The molecule has 1 aliphatic rings. The van der Waals surface area contributed by atoms with Crippen LogP contribution in [0.4, 0.5) is 5.69 Å². The predicted octanol–water partition coefficient (Wildman–Crippen LogP) is 4.94. The number of aromatic nitrogens is 3. The van der Waals surface area contributed by atoms with Gasteiger partial charge in [0.1, 0.15) is 31.3 Å². The summed E-state index contributed by atoms with van der Waals surface area (Å²) in [7, 11) is 0. The Morgan fingerprint density at radius 1 is 1.05 bits per heavy atom. The number of para-hydroxylation sites is 1. The molecular weight excluding hydrogens is 518 g/mol. The van der Waals surface area contributed by atoms with E-state index in [0.29, 0.717) is 58.4 Å². The molecule has 0 radical (unpaired) electrons. The second kappa shape index (κ2) is 10.9. The summed E-state index contributed by atoms with van der Waals surface area (Å²) in [6.07, 6.45) is 0.691. The minimum absolute atomic E-state index is 0.152. The van der Waals surface area contributed by atoms with Crippen LogP contribution in [0.25, 0.3) is 11.0 Å². The molecule has 0 saturated heterocycles. The topological polar surface area (TPSA) is 98.6 Å². The van der Waals surface area contributed by atoms with E-state index in [0.717, 1.165) is 0 Å². The number of rotatable bonds is 8. The van der Waals surface area contributed by atoms with Crippen molar-refractivity contribution in [3.63, 3.8) is 0 Å². The van der Waals surface area contributed by atoms with Gasteiger partial charge in [0.05, 0.1) is 5.52 Å². The third-order valence-corrected chi connectivity index (χ3v) is 7.17. The van der Waals surface area contributed by atoms with Gasteiger partial charge in [0.25, 0.3) is 0 Å². The molecule has 2 amide bonds. The first-order valence-electron chi connectivity index (χ1n) is 12.8. The number of hydrogen-bond acceptors (Lipinski definition) is 6. The summed E-state index contributed by atoms with van der Waals surface area (Å²) in [6, 6.07) is 18.6. The molecule has 39 heavy (non-hydrogen) atoms. The molecule has 0 spiro atoms. The predicted molar refractivity (Wildman–Crippen MR) is 149 cm³/mol. The van der Waals surface area contributed by atoms with Gasteiger partial charge in [-0.25, -0.2) is 4.68 Å². The number of fused-ring (bicyclic) bond motifs is 2. The molecule has 3 aromatic carbocycles. The molecule has 4 aromatic rings. The fourth-order valence-corrected chi connectivity index (χ4v) is 4.68. The normalized spacial score (nSPS) is 13.6. The molecule has 202 valence electrons. The molecular formula is C29H30ClN5O4. The number of nitrogens with one attached hydrogen (secondary N) is 1. The Kier molecular flexibility index (Phi) is 7.43. The number of ether oxygens (including phenoxy) is 2. The Balaban J connectivity index is 1.64. The molecule has 0 bridgehead atoms. The van der Waals surface area contributed by atoms with E-state index in [2.05, 4.69) is 15.6 Å². The smallest absolute Gasteiger partial charge is 0.249 e. The molecule has 0 saturated carbocycles. The minimum Gasteiger partial charge on any atom is -0.486 e. The highest BCUT2D eigenvalue weighted by atomic mass is 35.5. The van der Waals surface area contributed by atoms with Crippen molar-refractivity contribution in [3.8, 4) is 11.5 Å². The SMILES string of the molecule is CCC(C)(C)NC(=O)C(c1ccccc1Cl)N(C(=O)Cn1nnc2ccccc21)c1ccc2c(c1)OCCO2. The molecule has 0 fully saturated rings. The van der Waals surface area contributed by atoms with Crippen molar-refractivity contribution in [1.29, 1.82) is 0 Å². The third-order valence-electron chi connectivity index (χ3n) is 6.83. The molecule has 10 heteroatoms. The lowest BCUT2D eigenvalue weighted by Crippen LogP contribution is -2.51. The highest BCUT2D eigenvalue weighted by Crippen LogP contribution is 2.38. The Hall–Kier alpha value is -4.11. The molecule has 9 nitrogen and oxygen atoms in total. The van der Waals surface area contributed by atoms with Gasteiger partial charge in [-0.1, -0.05) is 54.1 Å². The number of carbonyl (C=O) groups is 2. The Bertz CT molecular complexity index is 1520. The monoisotopic (exact) mass is 547 g/mol. The van der Waals surface area contributed by atoms with Crippen molar-refractivity contribution in [1.82, 2.24) is 20.3 Å². The van der Waals surface area contributed by atoms with Gasteiger partial charge < -0.3 is 14.8 Å². The van der Waals surface area contributed by atoms with Crippen LogP contribution in [0.5, 0.6) is 11.5 Å². The summed E-state index contributed by atoms with van der Waals surface area (Å²) in [4.78, 5) is 29.7. The maximum Gasteiger partial charge on any atom is 0.249 e. The Morgan fingerprint density at radius 2 is 1.77 bits per heavy atom. The van der Waals surface area contributed by atoms with Crippen LogP contribution in [0.1, 0.15) is 38.8 Å². The van der Waals surface area contributed by atoms with Gasteiger partial charge in [-0.3, -0.25) is 14.5 Å². The zero-order chi connectivity index (χ0) is 27.6. The van der Waals surface area contributed by atoms with Crippen molar-refractivity contribution in [3.05, 3.63) is 77.3 Å². The highest BCUT2D eigenvalue weighted by Gasteiger charge is 2.37. The summed E-state index contributed by atoms with van der Waals surface area (Å²) in [6.45, 7) is 6.53. The van der Waals surface area contributed by atoms with E-state index in [9.17, 15) is 9.59 Å². The number of amides is 2. The quantitative estimate of drug-likeness (QED) is 0.336. The van der Waals surface area contributed by atoms with Crippen molar-refractivity contribution in [2.75, 3.05) is 18.1 Å². The lowest BCUT2D eigenvalue weighted by molar-refractivity contribution is -0.128. The van der Waals surface area contributed by atoms with Crippen molar-refractivity contribution < 1.29 is 19.1 Å². The lowest BCUT2D eigenvalue weighted by atomic mass is 9.98. The Morgan fingerprint density at radius 3 is 2.54 bits per heavy atom. The zero-order valence-electron chi connectivity index (χ0n) is 22.1. The van der Waals surface area contributed by atoms with Crippen molar-refractivity contribution >= 4 is 40.1 Å². The number of nitrogens with zero attached hydrogens (tertiary/aromatic N) is 4. The van der Waals surface area contributed by atoms with Crippen LogP contribution < -0.4 is 19.7 Å². The van der Waals surface area contributed by atoms with Crippen LogP contribution in [0.3, 0.4) is 0 Å². The maximum absolute atomic E-state index is 14.2. The number of carbonyl (C=O) groups excluding carboxylic acids is 2. The van der Waals surface area contributed by atoms with E-state index in [4.69, 9.17) is 21.1 Å². The number of benzene rings is 3. The van der Waals surface area contributed by atoms with Gasteiger partial charge in [-0.2, -0.15) is 0 Å². The van der Waals surface area contributed by atoms with Crippen LogP contribution in [0.15, 0.2) is 66.7 Å². The summed E-state index contributed by atoms with van der Waals surface area (Å²) >= 11 is 6.65. The third kappa shape index (κ3) is 5.54. The fourth-order valence-electron chi connectivity index (χ4n) is 4.44. The number of halogens is 1. The fraction of sp³-hybridized carbons (Fsp3) is 0.310. The van der Waals surface area contributed by atoms with E-state index in [1.807, 2.05) is 45.0 Å². The first-order valence-corrected chi connectivity index (χ1v) is 13.2. The summed E-state index contributed by atoms with van der Waals surface area (Å²) in [5.74, 6) is 0.332. The standard InChI is InChI=1S/C29H30ClN5O4/c1-4-29(2,3)31-28(37)27(20-9-5-6-10-21(20)30)35(19-13-14-24-25(17-19)39-16-15-38-24)26(36)18-34-23-12-8-7-11-22(23)32-33-34/h5-14,17,27H,4,15-16,18H2,1-3H3,(H,31,37). The molecule has 5 rings (SSSR count). The summed E-state index contributed by atoms with van der Waals surface area (Å²) in [5.41, 5.74) is 1.82. The molecule has 0 aliphatic carbocycles. The van der Waals surface area contributed by atoms with Crippen LogP contribution >= 0.6 is 11.6 Å². The van der Waals surface area contributed by atoms with E-state index in [-0.39, 0.29) is 18.4 Å².